The van der Waals surface area contributed by atoms with Crippen molar-refractivity contribution in [3.05, 3.63) is 0 Å². The van der Waals surface area contributed by atoms with Crippen LogP contribution in [-0.2, 0) is 4.74 Å². The minimum Gasteiger partial charge on any atom is -0.380 e. The van der Waals surface area contributed by atoms with E-state index < -0.39 is 0 Å². The Bertz CT molecular complexity index is 153. The van der Waals surface area contributed by atoms with Crippen molar-refractivity contribution in [2.45, 2.75) is 31.7 Å². The van der Waals surface area contributed by atoms with Crippen molar-refractivity contribution < 1.29 is 4.74 Å². The number of ether oxygens (including phenoxy) is 1. The molecule has 0 amide bonds. The molecule has 14 heavy (non-hydrogen) atoms. The van der Waals surface area contributed by atoms with Crippen LogP contribution in [0.5, 0.6) is 0 Å². The molecular weight excluding hydrogens is 176 g/mol. The second-order valence-corrected chi connectivity index (χ2v) is 4.52. The Morgan fingerprint density at radius 3 is 2.93 bits per heavy atom. The van der Waals surface area contributed by atoms with Crippen LogP contribution in [0, 0.1) is 5.92 Å². The first-order chi connectivity index (χ1) is 6.95. The Morgan fingerprint density at radius 2 is 2.21 bits per heavy atom. The van der Waals surface area contributed by atoms with Crippen LogP contribution < -0.4 is 10.6 Å². The maximum atomic E-state index is 5.54. The summed E-state index contributed by atoms with van der Waals surface area (Å²) in [6.45, 7) is 5.18. The fourth-order valence-electron chi connectivity index (χ4n) is 1.89. The quantitative estimate of drug-likeness (QED) is 0.592. The summed E-state index contributed by atoms with van der Waals surface area (Å²) in [6.07, 6.45) is 5.44. The lowest BCUT2D eigenvalue weighted by Crippen LogP contribution is -2.35. The highest BCUT2D eigenvalue weighted by Gasteiger charge is 2.20. The fourth-order valence-corrected chi connectivity index (χ4v) is 1.89. The van der Waals surface area contributed by atoms with Gasteiger partial charge in [-0.15, -0.1) is 0 Å². The van der Waals surface area contributed by atoms with E-state index >= 15 is 0 Å². The van der Waals surface area contributed by atoms with Crippen LogP contribution in [-0.4, -0.2) is 38.9 Å². The van der Waals surface area contributed by atoms with Gasteiger partial charge in [-0.05, 0) is 38.1 Å². The van der Waals surface area contributed by atoms with Gasteiger partial charge in [0.05, 0.1) is 6.61 Å². The number of hydrogen-bond donors (Lipinski definition) is 2. The molecule has 0 aromatic heterocycles. The maximum absolute atomic E-state index is 5.54. The molecule has 82 valence electrons. The molecule has 2 N–H and O–H groups in total. The Hall–Kier alpha value is -0.120. The largest absolute Gasteiger partial charge is 0.380 e. The van der Waals surface area contributed by atoms with Gasteiger partial charge in [0, 0.05) is 25.7 Å². The lowest BCUT2D eigenvalue weighted by atomic mass is 10.2. The van der Waals surface area contributed by atoms with Crippen molar-refractivity contribution in [3.63, 3.8) is 0 Å². The zero-order valence-electron chi connectivity index (χ0n) is 8.93. The first kappa shape index (κ1) is 10.4. The Labute approximate surface area is 86.6 Å². The second kappa shape index (κ2) is 5.69. The zero-order chi connectivity index (χ0) is 9.64. The van der Waals surface area contributed by atoms with Crippen LogP contribution in [0.15, 0.2) is 0 Å². The van der Waals surface area contributed by atoms with Gasteiger partial charge >= 0.3 is 0 Å². The molecule has 0 spiro atoms. The van der Waals surface area contributed by atoms with Gasteiger partial charge in [0.15, 0.2) is 0 Å². The highest BCUT2D eigenvalue weighted by Crippen LogP contribution is 2.28. The van der Waals surface area contributed by atoms with Gasteiger partial charge in [0.2, 0.25) is 0 Å². The molecule has 1 aliphatic heterocycles. The lowest BCUT2D eigenvalue weighted by Gasteiger charge is -2.11. The monoisotopic (exact) mass is 198 g/mol. The molecule has 1 atom stereocenters. The molecule has 1 saturated carbocycles. The van der Waals surface area contributed by atoms with E-state index in [4.69, 9.17) is 4.74 Å². The van der Waals surface area contributed by atoms with Crippen LogP contribution in [0.4, 0.5) is 0 Å². The molecule has 2 fully saturated rings. The van der Waals surface area contributed by atoms with Crippen LogP contribution in [0.1, 0.15) is 25.7 Å². The zero-order valence-corrected chi connectivity index (χ0v) is 8.93. The Morgan fingerprint density at radius 1 is 1.29 bits per heavy atom. The third-order valence-electron chi connectivity index (χ3n) is 3.03. The van der Waals surface area contributed by atoms with Gasteiger partial charge in [-0.1, -0.05) is 0 Å². The second-order valence-electron chi connectivity index (χ2n) is 4.52. The molecule has 2 rings (SSSR count). The molecule has 1 saturated heterocycles. The molecule has 1 unspecified atom stereocenters. The summed E-state index contributed by atoms with van der Waals surface area (Å²) in [5.74, 6) is 0.895. The van der Waals surface area contributed by atoms with Gasteiger partial charge in [-0.2, -0.15) is 0 Å². The van der Waals surface area contributed by atoms with E-state index in [2.05, 4.69) is 10.6 Å². The predicted octanol–water partition coefficient (Wildman–Crippen LogP) is 0.755. The average Bonchev–Trinajstić information content (AvgIpc) is 2.87. The van der Waals surface area contributed by atoms with Gasteiger partial charge in [0.1, 0.15) is 0 Å². The summed E-state index contributed by atoms with van der Waals surface area (Å²) in [5, 5.41) is 6.91. The van der Waals surface area contributed by atoms with Crippen molar-refractivity contribution in [2.75, 3.05) is 32.8 Å². The summed E-state index contributed by atoms with van der Waals surface area (Å²) in [4.78, 5) is 0. The van der Waals surface area contributed by atoms with Crippen LogP contribution in [0.3, 0.4) is 0 Å². The molecule has 3 heteroatoms. The fraction of sp³-hybridized carbons (Fsp3) is 1.00. The topological polar surface area (TPSA) is 33.3 Å². The van der Waals surface area contributed by atoms with Crippen LogP contribution in [0.25, 0.3) is 0 Å². The average molecular weight is 198 g/mol. The summed E-state index contributed by atoms with van der Waals surface area (Å²) in [6, 6.07) is 0.707. The summed E-state index contributed by atoms with van der Waals surface area (Å²) < 4.78 is 5.54. The third-order valence-corrected chi connectivity index (χ3v) is 3.03. The molecule has 0 radical (unpaired) electrons. The molecule has 2 aliphatic rings. The molecule has 3 nitrogen and oxygen atoms in total. The van der Waals surface area contributed by atoms with Gasteiger partial charge < -0.3 is 15.4 Å². The molecule has 0 aromatic rings. The molecular formula is C11H22N2O. The standard InChI is InChI=1S/C11H22N2O/c1-2-11(13-5-1)8-12-6-7-14-9-10-3-4-10/h10-13H,1-9H2. The third kappa shape index (κ3) is 3.95. The van der Waals surface area contributed by atoms with Gasteiger partial charge in [-0.3, -0.25) is 0 Å². The first-order valence-corrected chi connectivity index (χ1v) is 5.97. The minimum atomic E-state index is 0.707. The van der Waals surface area contributed by atoms with Crippen molar-refractivity contribution in [1.29, 1.82) is 0 Å². The summed E-state index contributed by atoms with van der Waals surface area (Å²) in [5.41, 5.74) is 0. The van der Waals surface area contributed by atoms with Crippen LogP contribution >= 0.6 is 0 Å². The summed E-state index contributed by atoms with van der Waals surface area (Å²) >= 11 is 0. The molecule has 1 aliphatic carbocycles. The highest BCUT2D eigenvalue weighted by molar-refractivity contribution is 4.76. The molecule has 1 heterocycles. The van der Waals surface area contributed by atoms with E-state index in [-0.39, 0.29) is 0 Å². The normalized spacial score (nSPS) is 27.0. The van der Waals surface area contributed by atoms with E-state index in [1.807, 2.05) is 0 Å². The minimum absolute atomic E-state index is 0.707. The van der Waals surface area contributed by atoms with Gasteiger partial charge in [0.25, 0.3) is 0 Å². The lowest BCUT2D eigenvalue weighted by molar-refractivity contribution is 0.126. The first-order valence-electron chi connectivity index (χ1n) is 5.97. The predicted molar refractivity (Wildman–Crippen MR) is 57.4 cm³/mol. The highest BCUT2D eigenvalue weighted by atomic mass is 16.5. The Kier molecular flexibility index (Phi) is 4.22. The maximum Gasteiger partial charge on any atom is 0.0591 e. The molecule has 0 aromatic carbocycles. The van der Waals surface area contributed by atoms with E-state index in [1.54, 1.807) is 0 Å². The van der Waals surface area contributed by atoms with Crippen molar-refractivity contribution in [3.8, 4) is 0 Å². The van der Waals surface area contributed by atoms with Crippen molar-refractivity contribution in [1.82, 2.24) is 10.6 Å². The van der Waals surface area contributed by atoms with Crippen LogP contribution in [0.2, 0.25) is 0 Å². The van der Waals surface area contributed by atoms with Crippen molar-refractivity contribution >= 4 is 0 Å². The number of rotatable bonds is 7. The van der Waals surface area contributed by atoms with E-state index in [0.29, 0.717) is 6.04 Å². The van der Waals surface area contributed by atoms with Crippen molar-refractivity contribution in [2.24, 2.45) is 5.92 Å². The smallest absolute Gasteiger partial charge is 0.0591 e. The van der Waals surface area contributed by atoms with E-state index in [0.717, 1.165) is 32.2 Å². The van der Waals surface area contributed by atoms with Gasteiger partial charge in [-0.25, -0.2) is 0 Å². The van der Waals surface area contributed by atoms with E-state index in [1.165, 1.54) is 32.2 Å². The molecule has 0 bridgehead atoms. The number of nitrogens with one attached hydrogen (secondary N) is 2. The van der Waals surface area contributed by atoms with E-state index in [9.17, 15) is 0 Å². The SMILES string of the molecule is C1CNC(CNCCOCC2CC2)C1. The summed E-state index contributed by atoms with van der Waals surface area (Å²) in [7, 11) is 0. The number of hydrogen-bond acceptors (Lipinski definition) is 3. The Balaban J connectivity index is 1.35.